The first-order valence-corrected chi connectivity index (χ1v) is 12.2. The zero-order chi connectivity index (χ0) is 24.7. The predicted molar refractivity (Wildman–Crippen MR) is 128 cm³/mol. The van der Waals surface area contributed by atoms with Gasteiger partial charge in [0.25, 0.3) is 0 Å². The molecule has 1 fully saturated rings. The fourth-order valence-electron chi connectivity index (χ4n) is 5.36. The molecule has 5 rings (SSSR count). The van der Waals surface area contributed by atoms with Gasteiger partial charge in [-0.3, -0.25) is 9.80 Å². The zero-order valence-electron chi connectivity index (χ0n) is 20.2. The van der Waals surface area contributed by atoms with Crippen LogP contribution in [0.3, 0.4) is 0 Å². The van der Waals surface area contributed by atoms with Crippen molar-refractivity contribution in [2.75, 3.05) is 39.3 Å². The molecule has 0 aromatic heterocycles. The molecular weight excluding hydrogens is 448 g/mol. The third-order valence-corrected chi connectivity index (χ3v) is 7.44. The quantitative estimate of drug-likeness (QED) is 0.607. The summed E-state index contributed by atoms with van der Waals surface area (Å²) in [6.45, 7) is 8.30. The summed E-state index contributed by atoms with van der Waals surface area (Å²) in [4.78, 5) is 28.3. The number of hydrogen-bond donors (Lipinski definition) is 2. The summed E-state index contributed by atoms with van der Waals surface area (Å²) in [5, 5.41) is 21.7. The summed E-state index contributed by atoms with van der Waals surface area (Å²) < 4.78 is 10.4. The van der Waals surface area contributed by atoms with Crippen LogP contribution < -0.4 is 0 Å². The number of benzene rings is 2. The Morgan fingerprint density at radius 3 is 2.31 bits per heavy atom. The highest BCUT2D eigenvalue weighted by Crippen LogP contribution is 2.30. The number of β-amino-alcohol motifs (C(OH)–C–C–N with tert-alkyl or cyclic N) is 2. The van der Waals surface area contributed by atoms with E-state index >= 15 is 0 Å². The smallest absolute Gasteiger partial charge is 0.338 e. The van der Waals surface area contributed by atoms with Crippen LogP contribution in [0.2, 0.25) is 0 Å². The summed E-state index contributed by atoms with van der Waals surface area (Å²) in [7, 11) is 0. The number of fused-ring (bicyclic) bond motifs is 2. The average molecular weight is 481 g/mol. The molecule has 0 radical (unpaired) electrons. The van der Waals surface area contributed by atoms with Gasteiger partial charge in [0.2, 0.25) is 0 Å². The fourth-order valence-corrected chi connectivity index (χ4v) is 5.36. The Balaban J connectivity index is 1.15. The number of piperazine rings is 1. The molecule has 0 aliphatic carbocycles. The second kappa shape index (κ2) is 9.70. The Hall–Kier alpha value is -2.78. The molecule has 3 atom stereocenters. The van der Waals surface area contributed by atoms with E-state index in [9.17, 15) is 19.8 Å². The van der Waals surface area contributed by atoms with Gasteiger partial charge >= 0.3 is 11.9 Å². The van der Waals surface area contributed by atoms with Crippen LogP contribution >= 0.6 is 0 Å². The predicted octanol–water partition coefficient (Wildman–Crippen LogP) is 2.15. The fraction of sp³-hybridized carbons (Fsp3) is 0.481. The first-order chi connectivity index (χ1) is 16.8. The lowest BCUT2D eigenvalue weighted by Gasteiger charge is -2.36. The van der Waals surface area contributed by atoms with Crippen LogP contribution in [0.1, 0.15) is 67.7 Å². The van der Waals surface area contributed by atoms with E-state index in [-0.39, 0.29) is 24.6 Å². The Morgan fingerprint density at radius 2 is 1.60 bits per heavy atom. The molecule has 8 nitrogen and oxygen atoms in total. The van der Waals surface area contributed by atoms with Crippen LogP contribution in [0, 0.1) is 6.92 Å². The number of rotatable bonds is 6. The maximum absolute atomic E-state index is 12.0. The SMILES string of the molecule is Cc1c(C(O)CN2CCN(CC(O)c3ccc4c(c3)C[C@@H](C)OC4=O)CC2)ccc2c1COC2=O. The van der Waals surface area contributed by atoms with Crippen molar-refractivity contribution >= 4 is 11.9 Å². The normalized spacial score (nSPS) is 22.2. The van der Waals surface area contributed by atoms with E-state index in [0.29, 0.717) is 30.6 Å². The van der Waals surface area contributed by atoms with Crippen molar-refractivity contribution < 1.29 is 29.3 Å². The topological polar surface area (TPSA) is 99.5 Å². The molecule has 8 heteroatoms. The van der Waals surface area contributed by atoms with Crippen molar-refractivity contribution in [2.24, 2.45) is 0 Å². The Morgan fingerprint density at radius 1 is 0.943 bits per heavy atom. The lowest BCUT2D eigenvalue weighted by Crippen LogP contribution is -2.48. The second-order valence-corrected chi connectivity index (χ2v) is 9.85. The molecule has 2 aromatic carbocycles. The van der Waals surface area contributed by atoms with Gasteiger partial charge in [-0.1, -0.05) is 18.2 Å². The number of nitrogens with zero attached hydrogens (tertiary/aromatic N) is 2. The van der Waals surface area contributed by atoms with E-state index in [2.05, 4.69) is 9.80 Å². The summed E-state index contributed by atoms with van der Waals surface area (Å²) in [6, 6.07) is 9.08. The Kier molecular flexibility index (Phi) is 6.63. The van der Waals surface area contributed by atoms with Crippen LogP contribution in [-0.2, 0) is 22.5 Å². The molecular formula is C27H32N2O6. The van der Waals surface area contributed by atoms with Gasteiger partial charge in [-0.05, 0) is 48.2 Å². The van der Waals surface area contributed by atoms with Crippen LogP contribution in [0.4, 0.5) is 0 Å². The van der Waals surface area contributed by atoms with Gasteiger partial charge in [0.05, 0.1) is 23.3 Å². The highest BCUT2D eigenvalue weighted by molar-refractivity contribution is 5.94. The number of ether oxygens (including phenoxy) is 2. The van der Waals surface area contributed by atoms with Crippen molar-refractivity contribution in [3.8, 4) is 0 Å². The summed E-state index contributed by atoms with van der Waals surface area (Å²) in [6.07, 6.45) is -0.764. The van der Waals surface area contributed by atoms with Crippen LogP contribution in [0.15, 0.2) is 30.3 Å². The van der Waals surface area contributed by atoms with Crippen molar-refractivity contribution in [3.63, 3.8) is 0 Å². The van der Waals surface area contributed by atoms with Gasteiger partial charge in [0.15, 0.2) is 0 Å². The zero-order valence-corrected chi connectivity index (χ0v) is 20.2. The highest BCUT2D eigenvalue weighted by Gasteiger charge is 2.28. The standard InChI is InChI=1S/C27H32N2O6/c1-16-11-19-12-18(3-4-21(19)27(33)35-16)24(30)13-28-7-9-29(10-8-28)14-25(31)20-5-6-22-23(17(20)2)15-34-26(22)32/h3-6,12,16,24-25,30-31H,7-11,13-15H2,1-2H3/t16-,24?,25?/m1/s1. The molecule has 2 aromatic rings. The number of aliphatic hydroxyl groups excluding tert-OH is 2. The molecule has 3 aliphatic heterocycles. The van der Waals surface area contributed by atoms with E-state index in [1.165, 1.54) is 0 Å². The monoisotopic (exact) mass is 480 g/mol. The van der Waals surface area contributed by atoms with Crippen molar-refractivity contribution in [2.45, 2.75) is 45.2 Å². The molecule has 2 N–H and O–H groups in total. The molecule has 35 heavy (non-hydrogen) atoms. The minimum atomic E-state index is -0.641. The van der Waals surface area contributed by atoms with Crippen LogP contribution in [0.25, 0.3) is 0 Å². The van der Waals surface area contributed by atoms with Crippen molar-refractivity contribution in [3.05, 3.63) is 69.3 Å². The third-order valence-electron chi connectivity index (χ3n) is 7.44. The highest BCUT2D eigenvalue weighted by atomic mass is 16.5. The first-order valence-electron chi connectivity index (χ1n) is 12.2. The number of esters is 2. The molecule has 2 unspecified atom stereocenters. The maximum atomic E-state index is 12.0. The molecule has 1 saturated heterocycles. The molecule has 0 bridgehead atoms. The number of aliphatic hydroxyl groups is 2. The molecule has 0 amide bonds. The lowest BCUT2D eigenvalue weighted by molar-refractivity contribution is 0.0299. The Labute approximate surface area is 205 Å². The van der Waals surface area contributed by atoms with Crippen molar-refractivity contribution in [1.82, 2.24) is 9.80 Å². The maximum Gasteiger partial charge on any atom is 0.338 e. The van der Waals surface area contributed by atoms with Gasteiger partial charge in [0, 0.05) is 51.3 Å². The first kappa shape index (κ1) is 23.9. The van der Waals surface area contributed by atoms with Gasteiger partial charge < -0.3 is 19.7 Å². The lowest BCUT2D eigenvalue weighted by atomic mass is 9.95. The van der Waals surface area contributed by atoms with E-state index in [0.717, 1.165) is 54.0 Å². The van der Waals surface area contributed by atoms with Crippen molar-refractivity contribution in [1.29, 1.82) is 0 Å². The minimum Gasteiger partial charge on any atom is -0.459 e. The number of carbonyl (C=O) groups is 2. The van der Waals surface area contributed by atoms with Gasteiger partial charge in [0.1, 0.15) is 12.7 Å². The minimum absolute atomic E-state index is 0.151. The molecule has 0 spiro atoms. The van der Waals surface area contributed by atoms with Gasteiger partial charge in [-0.2, -0.15) is 0 Å². The molecule has 186 valence electrons. The number of carbonyl (C=O) groups excluding carboxylic acids is 2. The van der Waals surface area contributed by atoms with E-state index in [1.54, 1.807) is 12.1 Å². The molecule has 3 heterocycles. The van der Waals surface area contributed by atoms with Crippen LogP contribution in [0.5, 0.6) is 0 Å². The van der Waals surface area contributed by atoms with E-state index < -0.39 is 12.2 Å². The van der Waals surface area contributed by atoms with E-state index in [1.807, 2.05) is 32.0 Å². The second-order valence-electron chi connectivity index (χ2n) is 9.85. The molecule has 0 saturated carbocycles. The average Bonchev–Trinajstić information content (AvgIpc) is 3.21. The van der Waals surface area contributed by atoms with Gasteiger partial charge in [-0.25, -0.2) is 9.59 Å². The Bertz CT molecular complexity index is 1140. The van der Waals surface area contributed by atoms with Crippen LogP contribution in [-0.4, -0.2) is 77.3 Å². The van der Waals surface area contributed by atoms with E-state index in [4.69, 9.17) is 9.47 Å². The summed E-state index contributed by atoms with van der Waals surface area (Å²) >= 11 is 0. The summed E-state index contributed by atoms with van der Waals surface area (Å²) in [5.41, 5.74) is 5.57. The summed E-state index contributed by atoms with van der Waals surface area (Å²) in [5.74, 6) is -0.593. The number of cyclic esters (lactones) is 2. The van der Waals surface area contributed by atoms with Gasteiger partial charge in [-0.15, -0.1) is 0 Å². The third kappa shape index (κ3) is 4.84. The number of hydrogen-bond acceptors (Lipinski definition) is 8. The molecule has 3 aliphatic rings. The largest absolute Gasteiger partial charge is 0.459 e.